The molecule has 1 unspecified atom stereocenters. The lowest BCUT2D eigenvalue weighted by molar-refractivity contribution is 0.299. The molecular formula is C13H18N2. The summed E-state index contributed by atoms with van der Waals surface area (Å²) in [7, 11) is 0. The van der Waals surface area contributed by atoms with E-state index in [9.17, 15) is 0 Å². The minimum atomic E-state index is 0.346. The van der Waals surface area contributed by atoms with Gasteiger partial charge >= 0.3 is 0 Å². The third-order valence-corrected chi connectivity index (χ3v) is 3.16. The van der Waals surface area contributed by atoms with Crippen LogP contribution in [0.2, 0.25) is 0 Å². The zero-order valence-corrected chi connectivity index (χ0v) is 9.24. The van der Waals surface area contributed by atoms with Crippen LogP contribution < -0.4 is 0 Å². The minimum Gasteiger partial charge on any atom is -0.354 e. The second-order valence-electron chi connectivity index (χ2n) is 4.18. The van der Waals surface area contributed by atoms with Gasteiger partial charge in [-0.25, -0.2) is 0 Å². The quantitative estimate of drug-likeness (QED) is 0.783. The molecule has 0 bridgehead atoms. The molecular weight excluding hydrogens is 184 g/mol. The largest absolute Gasteiger partial charge is 0.354 e. The van der Waals surface area contributed by atoms with Crippen LogP contribution in [0.15, 0.2) is 30.3 Å². The van der Waals surface area contributed by atoms with E-state index < -0.39 is 0 Å². The van der Waals surface area contributed by atoms with Crippen LogP contribution >= 0.6 is 0 Å². The van der Waals surface area contributed by atoms with Crippen molar-refractivity contribution in [2.24, 2.45) is 0 Å². The van der Waals surface area contributed by atoms with Crippen molar-refractivity contribution in [2.45, 2.75) is 32.2 Å². The third kappa shape index (κ3) is 2.20. The van der Waals surface area contributed by atoms with Gasteiger partial charge in [0.15, 0.2) is 0 Å². The summed E-state index contributed by atoms with van der Waals surface area (Å²) < 4.78 is 0. The van der Waals surface area contributed by atoms with Gasteiger partial charge in [-0.1, -0.05) is 30.3 Å². The number of nitrogens with zero attached hydrogens (tertiary/aromatic N) is 1. The fourth-order valence-corrected chi connectivity index (χ4v) is 2.19. The van der Waals surface area contributed by atoms with E-state index in [0.29, 0.717) is 6.04 Å². The van der Waals surface area contributed by atoms with Crippen molar-refractivity contribution in [1.29, 1.82) is 5.41 Å². The van der Waals surface area contributed by atoms with Gasteiger partial charge in [-0.2, -0.15) is 0 Å². The number of rotatable bonds is 2. The number of piperidine rings is 1. The molecule has 80 valence electrons. The van der Waals surface area contributed by atoms with Crippen LogP contribution in [0.25, 0.3) is 0 Å². The Kier molecular flexibility index (Phi) is 3.05. The van der Waals surface area contributed by atoms with E-state index >= 15 is 0 Å². The molecule has 1 atom stereocenters. The fraction of sp³-hybridized carbons (Fsp3) is 0.462. The summed E-state index contributed by atoms with van der Waals surface area (Å²) >= 11 is 0. The highest BCUT2D eigenvalue weighted by atomic mass is 15.2. The second-order valence-corrected chi connectivity index (χ2v) is 4.18. The molecule has 2 nitrogen and oxygen atoms in total. The predicted molar refractivity (Wildman–Crippen MR) is 63.1 cm³/mol. The smallest absolute Gasteiger partial charge is 0.0962 e. The monoisotopic (exact) mass is 202 g/mol. The van der Waals surface area contributed by atoms with Gasteiger partial charge in [0.25, 0.3) is 0 Å². The Labute approximate surface area is 91.4 Å². The number of hydrogen-bond donors (Lipinski definition) is 1. The lowest BCUT2D eigenvalue weighted by atomic mass is 10.0. The molecule has 1 heterocycles. The Hall–Kier alpha value is -1.31. The van der Waals surface area contributed by atoms with Crippen molar-refractivity contribution in [1.82, 2.24) is 4.90 Å². The first-order valence-electron chi connectivity index (χ1n) is 5.68. The lowest BCUT2D eigenvalue weighted by Crippen LogP contribution is -2.36. The van der Waals surface area contributed by atoms with Gasteiger partial charge in [0.05, 0.1) is 11.9 Å². The summed E-state index contributed by atoms with van der Waals surface area (Å²) in [4.78, 5) is 2.22. The van der Waals surface area contributed by atoms with Crippen molar-refractivity contribution in [3.05, 3.63) is 35.9 Å². The van der Waals surface area contributed by atoms with E-state index in [1.54, 1.807) is 0 Å². The van der Waals surface area contributed by atoms with Crippen LogP contribution in [0.1, 0.15) is 37.8 Å². The maximum atomic E-state index is 7.95. The van der Waals surface area contributed by atoms with Gasteiger partial charge in [-0.05, 0) is 25.3 Å². The molecule has 0 aliphatic carbocycles. The van der Waals surface area contributed by atoms with Crippen molar-refractivity contribution >= 4 is 5.84 Å². The third-order valence-electron chi connectivity index (χ3n) is 3.16. The number of nitrogens with one attached hydrogen (secondary N) is 1. The molecule has 1 saturated heterocycles. The first-order valence-corrected chi connectivity index (χ1v) is 5.68. The van der Waals surface area contributed by atoms with Gasteiger partial charge in [-0.15, -0.1) is 0 Å². The Morgan fingerprint density at radius 2 is 1.93 bits per heavy atom. The molecule has 0 radical (unpaired) electrons. The molecule has 0 saturated carbocycles. The zero-order chi connectivity index (χ0) is 10.7. The van der Waals surface area contributed by atoms with Gasteiger partial charge in [-0.3, -0.25) is 5.41 Å². The van der Waals surface area contributed by atoms with Crippen molar-refractivity contribution in [3.63, 3.8) is 0 Å². The van der Waals surface area contributed by atoms with E-state index in [0.717, 1.165) is 18.8 Å². The van der Waals surface area contributed by atoms with Crippen molar-refractivity contribution in [3.8, 4) is 0 Å². The normalized spacial score (nSPS) is 19.0. The molecule has 1 aliphatic heterocycles. The van der Waals surface area contributed by atoms with Crippen LogP contribution in [0.5, 0.6) is 0 Å². The summed E-state index contributed by atoms with van der Waals surface area (Å²) in [5.41, 5.74) is 1.31. The maximum absolute atomic E-state index is 7.95. The summed E-state index contributed by atoms with van der Waals surface area (Å²) in [5, 5.41) is 7.95. The standard InChI is InChI=1S/C13H18N2/c1-11(12-7-3-2-4-8-12)15-10-6-5-9-13(15)14/h2-4,7-8,11,14H,5-6,9-10H2,1H3. The predicted octanol–water partition coefficient (Wildman–Crippen LogP) is 3.21. The van der Waals surface area contributed by atoms with Crippen LogP contribution in [0.4, 0.5) is 0 Å². The molecule has 1 N–H and O–H groups in total. The van der Waals surface area contributed by atoms with Gasteiger partial charge in [0, 0.05) is 13.0 Å². The molecule has 0 amide bonds. The SMILES string of the molecule is CC(c1ccccc1)N1CCCCC1=N. The lowest BCUT2D eigenvalue weighted by Gasteiger charge is -2.35. The first kappa shape index (κ1) is 10.2. The Bertz CT molecular complexity index is 332. The molecule has 2 heteroatoms. The first-order chi connectivity index (χ1) is 7.29. The second kappa shape index (κ2) is 4.47. The van der Waals surface area contributed by atoms with E-state index in [4.69, 9.17) is 5.41 Å². The topological polar surface area (TPSA) is 27.1 Å². The van der Waals surface area contributed by atoms with Crippen LogP contribution in [0, 0.1) is 5.41 Å². The van der Waals surface area contributed by atoms with Gasteiger partial charge in [0.2, 0.25) is 0 Å². The van der Waals surface area contributed by atoms with Crippen molar-refractivity contribution < 1.29 is 0 Å². The fourth-order valence-electron chi connectivity index (χ4n) is 2.19. The molecule has 2 rings (SSSR count). The molecule has 1 aromatic carbocycles. The highest BCUT2D eigenvalue weighted by Crippen LogP contribution is 2.24. The molecule has 1 aromatic rings. The van der Waals surface area contributed by atoms with Gasteiger partial charge < -0.3 is 4.90 Å². The Morgan fingerprint density at radius 1 is 1.20 bits per heavy atom. The number of amidine groups is 1. The molecule has 0 aromatic heterocycles. The number of hydrogen-bond acceptors (Lipinski definition) is 1. The molecule has 1 fully saturated rings. The highest BCUT2D eigenvalue weighted by molar-refractivity contribution is 5.80. The van der Waals surface area contributed by atoms with E-state index in [1.807, 2.05) is 6.07 Å². The summed E-state index contributed by atoms with van der Waals surface area (Å²) in [5.74, 6) is 0.803. The Balaban J connectivity index is 2.13. The number of benzene rings is 1. The average Bonchev–Trinajstić information content (AvgIpc) is 2.30. The van der Waals surface area contributed by atoms with Crippen molar-refractivity contribution in [2.75, 3.05) is 6.54 Å². The summed E-state index contributed by atoms with van der Waals surface area (Å²) in [6.45, 7) is 3.23. The molecule has 1 aliphatic rings. The Morgan fingerprint density at radius 3 is 2.60 bits per heavy atom. The van der Waals surface area contributed by atoms with Crippen LogP contribution in [-0.4, -0.2) is 17.3 Å². The number of likely N-dealkylation sites (tertiary alicyclic amines) is 1. The van der Waals surface area contributed by atoms with E-state index in [1.165, 1.54) is 18.4 Å². The van der Waals surface area contributed by atoms with E-state index in [2.05, 4.69) is 36.1 Å². The van der Waals surface area contributed by atoms with Gasteiger partial charge in [0.1, 0.15) is 0 Å². The maximum Gasteiger partial charge on any atom is 0.0962 e. The minimum absolute atomic E-state index is 0.346. The summed E-state index contributed by atoms with van der Waals surface area (Å²) in [6.07, 6.45) is 3.34. The molecule has 15 heavy (non-hydrogen) atoms. The zero-order valence-electron chi connectivity index (χ0n) is 9.24. The molecule has 0 spiro atoms. The summed E-state index contributed by atoms with van der Waals surface area (Å²) in [6, 6.07) is 10.8. The highest BCUT2D eigenvalue weighted by Gasteiger charge is 2.20. The average molecular weight is 202 g/mol. The van der Waals surface area contributed by atoms with Crippen LogP contribution in [0.3, 0.4) is 0 Å². The van der Waals surface area contributed by atoms with E-state index in [-0.39, 0.29) is 0 Å². The van der Waals surface area contributed by atoms with Crippen LogP contribution in [-0.2, 0) is 0 Å².